The molecule has 0 aromatic carbocycles. The number of hydrogen-bond acceptors (Lipinski definition) is 22. The highest BCUT2D eigenvalue weighted by molar-refractivity contribution is 6.01. The summed E-state index contributed by atoms with van der Waals surface area (Å²) in [5.41, 5.74) is 0.344. The highest BCUT2D eigenvalue weighted by Crippen LogP contribution is 2.31. The van der Waals surface area contributed by atoms with Crippen molar-refractivity contribution in [2.75, 3.05) is 26.4 Å². The Morgan fingerprint density at radius 1 is 0.736 bits per heavy atom. The van der Waals surface area contributed by atoms with Crippen molar-refractivity contribution < 1.29 is 98.7 Å². The number of aliphatic hydroxyl groups excluding tert-OH is 10. The molecule has 0 radical (unpaired) electrons. The minimum Gasteiger partial charge on any atom is -0.394 e. The third-order valence-corrected chi connectivity index (χ3v) is 9.03. The van der Waals surface area contributed by atoms with E-state index in [0.717, 1.165) is 0 Å². The van der Waals surface area contributed by atoms with E-state index in [4.69, 9.17) is 33.3 Å². The van der Waals surface area contributed by atoms with E-state index >= 15 is 0 Å². The third-order valence-electron chi connectivity index (χ3n) is 9.03. The smallest absolute Gasteiger partial charge is 0.333 e. The largest absolute Gasteiger partial charge is 0.394 e. The molecule has 1 aromatic heterocycles. The van der Waals surface area contributed by atoms with Gasteiger partial charge in [-0.25, -0.2) is 9.48 Å². The van der Waals surface area contributed by atoms with Crippen molar-refractivity contribution in [3.63, 3.8) is 0 Å². The SMILES string of the molecule is O=C(CCc1cn(CCO[C@H]2O[C@H](CO[C@H]3O[C@H](CO)[C@@H](O)[C@H](O)[C@@H]3O)[C@@H](O)[C@H](O[C@H]3O[C@H](CO)[C@@H](O)[C@H](O)[C@@H]3O)[C@@H]2O)nn1)ON1C(=O)CCC1=O. The molecule has 24 nitrogen and oxygen atoms in total. The van der Waals surface area contributed by atoms with Gasteiger partial charge in [-0.15, -0.1) is 10.2 Å². The number of aromatic nitrogens is 3. The van der Waals surface area contributed by atoms with Crippen LogP contribution in [0.1, 0.15) is 25.0 Å². The molecular weight excluding hydrogens is 724 g/mol. The summed E-state index contributed by atoms with van der Waals surface area (Å²) in [5, 5.41) is 111. The predicted molar refractivity (Wildman–Crippen MR) is 161 cm³/mol. The summed E-state index contributed by atoms with van der Waals surface area (Å²) in [6.07, 6.45) is -24.1. The first-order valence-corrected chi connectivity index (χ1v) is 16.7. The molecule has 2 amide bonds. The summed E-state index contributed by atoms with van der Waals surface area (Å²) in [6.45, 7) is -2.41. The molecule has 0 spiro atoms. The van der Waals surface area contributed by atoms with Crippen LogP contribution in [0.3, 0.4) is 0 Å². The fourth-order valence-electron chi connectivity index (χ4n) is 5.93. The van der Waals surface area contributed by atoms with Crippen LogP contribution >= 0.6 is 0 Å². The van der Waals surface area contributed by atoms with E-state index in [1.807, 2.05) is 0 Å². The Bertz CT molecular complexity index is 1370. The van der Waals surface area contributed by atoms with E-state index < -0.39 is 130 Å². The lowest BCUT2D eigenvalue weighted by atomic mass is 9.96. The molecule has 15 atom stereocenters. The van der Waals surface area contributed by atoms with Gasteiger partial charge in [-0.2, -0.15) is 0 Å². The molecule has 10 N–H and O–H groups in total. The average molecular weight is 769 g/mol. The number of aryl methyl sites for hydroxylation is 1. The van der Waals surface area contributed by atoms with Crippen molar-refractivity contribution in [3.05, 3.63) is 11.9 Å². The highest BCUT2D eigenvalue weighted by Gasteiger charge is 2.52. The molecule has 0 bridgehead atoms. The van der Waals surface area contributed by atoms with Crippen molar-refractivity contribution >= 4 is 17.8 Å². The Labute approximate surface area is 299 Å². The van der Waals surface area contributed by atoms with Gasteiger partial charge in [-0.05, 0) is 0 Å². The van der Waals surface area contributed by atoms with Gasteiger partial charge in [-0.3, -0.25) is 9.59 Å². The van der Waals surface area contributed by atoms with Crippen LogP contribution in [-0.2, 0) is 60.6 Å². The second-order valence-electron chi connectivity index (χ2n) is 12.7. The van der Waals surface area contributed by atoms with Crippen LogP contribution in [0.15, 0.2) is 6.20 Å². The highest BCUT2D eigenvalue weighted by atomic mass is 16.8. The van der Waals surface area contributed by atoms with Crippen LogP contribution in [-0.4, -0.2) is 207 Å². The molecule has 53 heavy (non-hydrogen) atoms. The molecule has 300 valence electrons. The number of carbonyl (C=O) groups excluding carboxylic acids is 3. The van der Waals surface area contributed by atoms with Crippen LogP contribution in [0, 0.1) is 0 Å². The van der Waals surface area contributed by atoms with Gasteiger partial charge < -0.3 is 84.3 Å². The Kier molecular flexibility index (Phi) is 14.1. The molecule has 0 unspecified atom stereocenters. The van der Waals surface area contributed by atoms with E-state index in [-0.39, 0.29) is 38.8 Å². The summed E-state index contributed by atoms with van der Waals surface area (Å²) in [6, 6.07) is 0. The predicted octanol–water partition coefficient (Wildman–Crippen LogP) is -7.72. The van der Waals surface area contributed by atoms with Gasteiger partial charge in [0.2, 0.25) is 0 Å². The maximum Gasteiger partial charge on any atom is 0.333 e. The lowest BCUT2D eigenvalue weighted by molar-refractivity contribution is -0.366. The fraction of sp³-hybridized carbons (Fsp3) is 0.828. The number of amides is 2. The van der Waals surface area contributed by atoms with Crippen molar-refractivity contribution in [1.29, 1.82) is 0 Å². The normalized spacial score (nSPS) is 39.4. The molecule has 5 heterocycles. The monoisotopic (exact) mass is 768 g/mol. The van der Waals surface area contributed by atoms with Gasteiger partial charge in [0.15, 0.2) is 18.9 Å². The molecule has 0 aliphatic carbocycles. The average Bonchev–Trinajstić information content (AvgIpc) is 3.73. The molecule has 24 heteroatoms. The summed E-state index contributed by atoms with van der Waals surface area (Å²) in [5.74, 6) is -2.06. The second-order valence-corrected chi connectivity index (χ2v) is 12.7. The molecule has 4 aliphatic heterocycles. The van der Waals surface area contributed by atoms with E-state index in [2.05, 4.69) is 10.3 Å². The topological polar surface area (TPSA) is 352 Å². The van der Waals surface area contributed by atoms with Crippen LogP contribution < -0.4 is 0 Å². The van der Waals surface area contributed by atoms with Gasteiger partial charge in [0.25, 0.3) is 11.8 Å². The standard InChI is InChI=1S/C29H44N4O20/c34-8-12-18(39)21(42)23(44)27(49-12)48-10-14-20(41)26(52-29-24(45)22(43)19(40)13(9-35)50-29)25(46)28(51-14)47-6-5-32-7-11(30-31-32)1-4-17(38)53-33-15(36)2-3-16(33)37/h7,12-14,18-29,34-35,39-46H,1-6,8-10H2/t12-,13-,14-,18-,19-,20-,21+,22+,23+,24+,25+,26+,27+,28+,29-/m1/s1. The zero-order valence-electron chi connectivity index (χ0n) is 27.9. The fourth-order valence-corrected chi connectivity index (χ4v) is 5.93. The molecule has 4 aliphatic rings. The number of imide groups is 1. The Hall–Kier alpha value is -2.89. The van der Waals surface area contributed by atoms with Crippen LogP contribution in [0.5, 0.6) is 0 Å². The quantitative estimate of drug-likeness (QED) is 0.0741. The Morgan fingerprint density at radius 3 is 1.92 bits per heavy atom. The van der Waals surface area contributed by atoms with Gasteiger partial charge in [0, 0.05) is 25.5 Å². The molecule has 4 fully saturated rings. The molecule has 4 saturated heterocycles. The summed E-state index contributed by atoms with van der Waals surface area (Å²) >= 11 is 0. The molecule has 5 rings (SSSR count). The van der Waals surface area contributed by atoms with E-state index in [9.17, 15) is 65.4 Å². The van der Waals surface area contributed by atoms with Gasteiger partial charge in [-0.1, -0.05) is 5.21 Å². The van der Waals surface area contributed by atoms with Crippen LogP contribution in [0.2, 0.25) is 0 Å². The van der Waals surface area contributed by atoms with Gasteiger partial charge in [0.05, 0.1) is 45.1 Å². The third kappa shape index (κ3) is 9.50. The zero-order chi connectivity index (χ0) is 38.6. The number of aliphatic hydroxyl groups is 10. The Morgan fingerprint density at radius 2 is 1.30 bits per heavy atom. The first kappa shape index (κ1) is 41.3. The maximum absolute atomic E-state index is 12.1. The van der Waals surface area contributed by atoms with Crippen LogP contribution in [0.4, 0.5) is 0 Å². The summed E-state index contributed by atoms with van der Waals surface area (Å²) in [7, 11) is 0. The minimum atomic E-state index is -1.91. The second kappa shape index (κ2) is 18.2. The lowest BCUT2D eigenvalue weighted by Gasteiger charge is -2.46. The zero-order valence-corrected chi connectivity index (χ0v) is 27.9. The molecule has 1 aromatic rings. The van der Waals surface area contributed by atoms with Crippen LogP contribution in [0.25, 0.3) is 0 Å². The van der Waals surface area contributed by atoms with Crippen molar-refractivity contribution in [2.24, 2.45) is 0 Å². The van der Waals surface area contributed by atoms with Crippen molar-refractivity contribution in [2.45, 2.75) is 124 Å². The number of rotatable bonds is 15. The summed E-state index contributed by atoms with van der Waals surface area (Å²) in [4.78, 5) is 40.2. The van der Waals surface area contributed by atoms with Crippen molar-refractivity contribution in [1.82, 2.24) is 20.1 Å². The number of nitrogens with zero attached hydrogens (tertiary/aromatic N) is 4. The van der Waals surface area contributed by atoms with E-state index in [1.54, 1.807) is 0 Å². The Balaban J connectivity index is 1.21. The van der Waals surface area contributed by atoms with Gasteiger partial charge in [0.1, 0.15) is 73.2 Å². The van der Waals surface area contributed by atoms with E-state index in [0.29, 0.717) is 10.8 Å². The number of ether oxygens (including phenoxy) is 6. The maximum atomic E-state index is 12.1. The van der Waals surface area contributed by atoms with Crippen molar-refractivity contribution in [3.8, 4) is 0 Å². The minimum absolute atomic E-state index is 0.00632. The first-order chi connectivity index (χ1) is 25.2. The molecular formula is C29H44N4O20. The number of carbonyl (C=O) groups is 3. The first-order valence-electron chi connectivity index (χ1n) is 16.7. The van der Waals surface area contributed by atoms with E-state index in [1.165, 1.54) is 10.9 Å². The molecule has 0 saturated carbocycles. The number of hydrogen-bond donors (Lipinski definition) is 10. The lowest BCUT2D eigenvalue weighted by Crippen LogP contribution is -2.65. The number of hydroxylamine groups is 2. The summed E-state index contributed by atoms with van der Waals surface area (Å²) < 4.78 is 34.6. The van der Waals surface area contributed by atoms with Gasteiger partial charge >= 0.3 is 5.97 Å².